The highest BCUT2D eigenvalue weighted by molar-refractivity contribution is 9.10. The average Bonchev–Trinajstić information content (AvgIpc) is 3.00. The van der Waals surface area contributed by atoms with E-state index in [0.29, 0.717) is 6.61 Å². The van der Waals surface area contributed by atoms with Gasteiger partial charge >= 0.3 is 0 Å². The Morgan fingerprint density at radius 1 is 1.00 bits per heavy atom. The van der Waals surface area contributed by atoms with Gasteiger partial charge in [-0.25, -0.2) is 0 Å². The largest absolute Gasteiger partial charge is 0.487 e. The molecule has 2 aromatic carbocycles. The van der Waals surface area contributed by atoms with Crippen molar-refractivity contribution in [2.45, 2.75) is 58.1 Å². The second-order valence-electron chi connectivity index (χ2n) is 7.82. The fourth-order valence-corrected chi connectivity index (χ4v) is 5.20. The van der Waals surface area contributed by atoms with Gasteiger partial charge in [-0.1, -0.05) is 61.9 Å². The molecule has 0 amide bonds. The maximum absolute atomic E-state index is 6.08. The van der Waals surface area contributed by atoms with Gasteiger partial charge in [-0.3, -0.25) is 0 Å². The molecule has 0 saturated heterocycles. The molecule has 0 N–H and O–H groups in total. The third-order valence-corrected chi connectivity index (χ3v) is 7.06. The Morgan fingerprint density at radius 2 is 1.75 bits per heavy atom. The molecule has 1 saturated carbocycles. The van der Waals surface area contributed by atoms with Crippen LogP contribution in [-0.2, 0) is 13.2 Å². The van der Waals surface area contributed by atoms with E-state index >= 15 is 0 Å². The van der Waals surface area contributed by atoms with Crippen LogP contribution >= 0.6 is 27.5 Å². The van der Waals surface area contributed by atoms with Crippen molar-refractivity contribution in [2.24, 2.45) is 5.92 Å². The normalized spacial score (nSPS) is 15.2. The summed E-state index contributed by atoms with van der Waals surface area (Å²) in [6, 6.07) is 16.2. The maximum Gasteiger partial charge on any atom is 0.129 e. The standard InChI is InChI=1S/C24H27BrClNO/c25-24-21-10-4-5-11-22(21)27(16-6-9-18-7-2-1-3-8-18)23(24)17-28-20-14-12-19(26)13-15-20/h4-5,10-15,18H,1-3,6-9,16-17H2. The molecule has 1 aliphatic carbocycles. The Kier molecular flexibility index (Phi) is 6.64. The molecule has 0 aliphatic heterocycles. The summed E-state index contributed by atoms with van der Waals surface area (Å²) in [5.41, 5.74) is 2.49. The monoisotopic (exact) mass is 459 g/mol. The maximum atomic E-state index is 6.08. The zero-order valence-electron chi connectivity index (χ0n) is 16.2. The van der Waals surface area contributed by atoms with Crippen LogP contribution in [0.25, 0.3) is 10.9 Å². The van der Waals surface area contributed by atoms with Gasteiger partial charge in [-0.2, -0.15) is 0 Å². The van der Waals surface area contributed by atoms with E-state index in [-0.39, 0.29) is 0 Å². The molecule has 0 bridgehead atoms. The molecule has 1 aliphatic rings. The highest BCUT2D eigenvalue weighted by atomic mass is 79.9. The highest BCUT2D eigenvalue weighted by Gasteiger charge is 2.17. The Balaban J connectivity index is 1.51. The molecular weight excluding hydrogens is 434 g/mol. The number of para-hydroxylation sites is 1. The molecule has 0 spiro atoms. The number of benzene rings is 2. The molecule has 148 valence electrons. The SMILES string of the molecule is Clc1ccc(OCc2c(Br)c3ccccc3n2CCCC2CCCCC2)cc1. The van der Waals surface area contributed by atoms with E-state index in [1.165, 1.54) is 61.5 Å². The van der Waals surface area contributed by atoms with Crippen LogP contribution < -0.4 is 4.74 Å². The molecule has 0 atom stereocenters. The number of aryl methyl sites for hydroxylation is 1. The molecule has 1 heterocycles. The molecular formula is C24H27BrClNO. The molecule has 1 fully saturated rings. The zero-order chi connectivity index (χ0) is 19.3. The van der Waals surface area contributed by atoms with Crippen LogP contribution in [0.2, 0.25) is 5.02 Å². The molecule has 1 aromatic heterocycles. The number of rotatable bonds is 7. The zero-order valence-corrected chi connectivity index (χ0v) is 18.5. The van der Waals surface area contributed by atoms with Crippen molar-refractivity contribution < 1.29 is 4.74 Å². The first kappa shape index (κ1) is 19.8. The Hall–Kier alpha value is -1.45. The summed E-state index contributed by atoms with van der Waals surface area (Å²) in [5, 5.41) is 1.99. The van der Waals surface area contributed by atoms with Crippen molar-refractivity contribution >= 4 is 38.4 Å². The fraction of sp³-hybridized carbons (Fsp3) is 0.417. The molecule has 0 radical (unpaired) electrons. The summed E-state index contributed by atoms with van der Waals surface area (Å²) < 4.78 is 9.68. The van der Waals surface area contributed by atoms with E-state index < -0.39 is 0 Å². The van der Waals surface area contributed by atoms with Crippen molar-refractivity contribution in [1.82, 2.24) is 4.57 Å². The Morgan fingerprint density at radius 3 is 2.54 bits per heavy atom. The van der Waals surface area contributed by atoms with Gasteiger partial charge in [0, 0.05) is 26.9 Å². The van der Waals surface area contributed by atoms with Crippen LogP contribution in [0.4, 0.5) is 0 Å². The lowest BCUT2D eigenvalue weighted by Crippen LogP contribution is -2.10. The molecule has 2 nitrogen and oxygen atoms in total. The van der Waals surface area contributed by atoms with E-state index in [1.54, 1.807) is 0 Å². The van der Waals surface area contributed by atoms with Gasteiger partial charge in [0.05, 0.1) is 5.69 Å². The third-order valence-electron chi connectivity index (χ3n) is 5.92. The van der Waals surface area contributed by atoms with Crippen LogP contribution in [0, 0.1) is 5.92 Å². The lowest BCUT2D eigenvalue weighted by atomic mass is 9.86. The smallest absolute Gasteiger partial charge is 0.129 e. The van der Waals surface area contributed by atoms with Crippen molar-refractivity contribution in [2.75, 3.05) is 0 Å². The van der Waals surface area contributed by atoms with Crippen molar-refractivity contribution in [3.8, 4) is 5.75 Å². The number of halogens is 2. The number of nitrogens with zero attached hydrogens (tertiary/aromatic N) is 1. The van der Waals surface area contributed by atoms with E-state index in [2.05, 4.69) is 44.8 Å². The number of hydrogen-bond acceptors (Lipinski definition) is 1. The minimum atomic E-state index is 0.542. The van der Waals surface area contributed by atoms with Gasteiger partial charge in [0.15, 0.2) is 0 Å². The molecule has 4 rings (SSSR count). The topological polar surface area (TPSA) is 14.2 Å². The van der Waals surface area contributed by atoms with Gasteiger partial charge in [-0.05, 0) is 65.0 Å². The quantitative estimate of drug-likeness (QED) is 0.348. The third kappa shape index (κ3) is 4.58. The predicted octanol–water partition coefficient (Wildman–Crippen LogP) is 8.00. The highest BCUT2D eigenvalue weighted by Crippen LogP contribution is 2.33. The first-order valence-electron chi connectivity index (χ1n) is 10.4. The van der Waals surface area contributed by atoms with Gasteiger partial charge in [0.25, 0.3) is 0 Å². The number of fused-ring (bicyclic) bond motifs is 1. The van der Waals surface area contributed by atoms with Gasteiger partial charge in [-0.15, -0.1) is 0 Å². The second-order valence-corrected chi connectivity index (χ2v) is 9.05. The van der Waals surface area contributed by atoms with Crippen LogP contribution in [0.15, 0.2) is 53.0 Å². The van der Waals surface area contributed by atoms with E-state index in [1.807, 2.05) is 24.3 Å². The predicted molar refractivity (Wildman–Crippen MR) is 121 cm³/mol. The lowest BCUT2D eigenvalue weighted by Gasteiger charge is -2.21. The minimum absolute atomic E-state index is 0.542. The van der Waals surface area contributed by atoms with Crippen LogP contribution in [0.5, 0.6) is 5.75 Å². The van der Waals surface area contributed by atoms with Gasteiger partial charge in [0.2, 0.25) is 0 Å². The van der Waals surface area contributed by atoms with Gasteiger partial charge < -0.3 is 9.30 Å². The number of aromatic nitrogens is 1. The summed E-state index contributed by atoms with van der Waals surface area (Å²) >= 11 is 9.82. The fourth-order valence-electron chi connectivity index (χ4n) is 4.41. The van der Waals surface area contributed by atoms with Crippen LogP contribution in [0.3, 0.4) is 0 Å². The van der Waals surface area contributed by atoms with Gasteiger partial charge in [0.1, 0.15) is 12.4 Å². The average molecular weight is 461 g/mol. The summed E-state index contributed by atoms with van der Waals surface area (Å²) in [6.07, 6.45) is 9.67. The van der Waals surface area contributed by atoms with E-state index in [9.17, 15) is 0 Å². The molecule has 3 aromatic rings. The summed E-state index contributed by atoms with van der Waals surface area (Å²) in [5.74, 6) is 1.77. The molecule has 28 heavy (non-hydrogen) atoms. The lowest BCUT2D eigenvalue weighted by molar-refractivity contribution is 0.291. The van der Waals surface area contributed by atoms with E-state index in [0.717, 1.165) is 27.7 Å². The minimum Gasteiger partial charge on any atom is -0.487 e. The number of hydrogen-bond donors (Lipinski definition) is 0. The molecule has 0 unspecified atom stereocenters. The van der Waals surface area contributed by atoms with Crippen LogP contribution in [-0.4, -0.2) is 4.57 Å². The second kappa shape index (κ2) is 9.37. The van der Waals surface area contributed by atoms with E-state index in [4.69, 9.17) is 16.3 Å². The first-order chi connectivity index (χ1) is 13.7. The summed E-state index contributed by atoms with van der Waals surface area (Å²) in [6.45, 7) is 1.59. The van der Waals surface area contributed by atoms with Crippen LogP contribution in [0.1, 0.15) is 50.6 Å². The summed E-state index contributed by atoms with van der Waals surface area (Å²) in [7, 11) is 0. The first-order valence-corrected chi connectivity index (χ1v) is 11.5. The van der Waals surface area contributed by atoms with Crippen molar-refractivity contribution in [3.63, 3.8) is 0 Å². The molecule has 4 heteroatoms. The van der Waals surface area contributed by atoms with Crippen molar-refractivity contribution in [3.05, 3.63) is 63.7 Å². The van der Waals surface area contributed by atoms with Crippen molar-refractivity contribution in [1.29, 1.82) is 0 Å². The Labute approximate surface area is 181 Å². The summed E-state index contributed by atoms with van der Waals surface area (Å²) in [4.78, 5) is 0. The Bertz CT molecular complexity index is 912. The number of ether oxygens (including phenoxy) is 1.